The lowest BCUT2D eigenvalue weighted by Gasteiger charge is -2.34. The van der Waals surface area contributed by atoms with Gasteiger partial charge < -0.3 is 10.1 Å². The van der Waals surface area contributed by atoms with Crippen molar-refractivity contribution in [3.8, 4) is 0 Å². The molecule has 2 unspecified atom stereocenters. The maximum absolute atomic E-state index is 12.4. The predicted molar refractivity (Wildman–Crippen MR) is 97.8 cm³/mol. The van der Waals surface area contributed by atoms with Gasteiger partial charge in [-0.05, 0) is 44.2 Å². The van der Waals surface area contributed by atoms with E-state index in [-0.39, 0.29) is 12.0 Å². The van der Waals surface area contributed by atoms with Crippen LogP contribution in [0.5, 0.6) is 0 Å². The van der Waals surface area contributed by atoms with E-state index in [9.17, 15) is 9.59 Å². The number of nitrogens with zero attached hydrogens (tertiary/aromatic N) is 2. The van der Waals surface area contributed by atoms with Crippen LogP contribution in [0.1, 0.15) is 45.1 Å². The molecule has 1 saturated heterocycles. The molecule has 26 heavy (non-hydrogen) atoms. The van der Waals surface area contributed by atoms with Gasteiger partial charge in [0.15, 0.2) is 0 Å². The Kier molecular flexibility index (Phi) is 4.21. The van der Waals surface area contributed by atoms with Gasteiger partial charge in [-0.15, -0.1) is 0 Å². The van der Waals surface area contributed by atoms with Crippen molar-refractivity contribution in [2.75, 3.05) is 11.4 Å². The van der Waals surface area contributed by atoms with Crippen LogP contribution in [0.2, 0.25) is 0 Å². The van der Waals surface area contributed by atoms with Crippen molar-refractivity contribution in [1.29, 1.82) is 0 Å². The second-order valence-corrected chi connectivity index (χ2v) is 8.14. The summed E-state index contributed by atoms with van der Waals surface area (Å²) in [6, 6.07) is 4.06. The van der Waals surface area contributed by atoms with Crippen molar-refractivity contribution < 1.29 is 14.3 Å². The predicted octanol–water partition coefficient (Wildman–Crippen LogP) is 2.97. The summed E-state index contributed by atoms with van der Waals surface area (Å²) >= 11 is 0. The highest BCUT2D eigenvalue weighted by atomic mass is 16.6. The second-order valence-electron chi connectivity index (χ2n) is 8.14. The van der Waals surface area contributed by atoms with E-state index in [1.165, 1.54) is 12.8 Å². The molecular formula is C20H25N3O3. The average Bonchev–Trinajstić information content (AvgIpc) is 2.89. The number of cyclic esters (lactones) is 1. The van der Waals surface area contributed by atoms with Crippen molar-refractivity contribution in [3.05, 3.63) is 35.5 Å². The third kappa shape index (κ3) is 3.32. The minimum atomic E-state index is -0.501. The number of hydrogen-bond donors (Lipinski definition) is 1. The smallest absolute Gasteiger partial charge is 0.416 e. The summed E-state index contributed by atoms with van der Waals surface area (Å²) in [6.45, 7) is 4.24. The van der Waals surface area contributed by atoms with Gasteiger partial charge in [-0.2, -0.15) is 0 Å². The van der Waals surface area contributed by atoms with Gasteiger partial charge in [-0.1, -0.05) is 25.0 Å². The first-order valence-electron chi connectivity index (χ1n) is 9.38. The molecule has 1 aromatic rings. The number of ether oxygens (including phenoxy) is 1. The molecule has 4 rings (SSSR count). The summed E-state index contributed by atoms with van der Waals surface area (Å²) in [6.07, 6.45) is 8.78. The Bertz CT molecular complexity index is 754. The Morgan fingerprint density at radius 1 is 1.27 bits per heavy atom. The Labute approximate surface area is 153 Å². The normalized spacial score (nSPS) is 27.5. The van der Waals surface area contributed by atoms with Gasteiger partial charge in [-0.25, -0.2) is 9.78 Å². The summed E-state index contributed by atoms with van der Waals surface area (Å²) in [4.78, 5) is 30.3. The van der Waals surface area contributed by atoms with Crippen molar-refractivity contribution in [2.24, 2.45) is 5.92 Å². The van der Waals surface area contributed by atoms with Crippen molar-refractivity contribution >= 4 is 17.8 Å². The molecule has 2 amide bonds. The molecule has 1 aliphatic carbocycles. The molecular weight excluding hydrogens is 330 g/mol. The highest BCUT2D eigenvalue weighted by molar-refractivity contribution is 5.95. The number of anilines is 1. The zero-order valence-corrected chi connectivity index (χ0v) is 15.3. The van der Waals surface area contributed by atoms with Gasteiger partial charge >= 0.3 is 6.09 Å². The monoisotopic (exact) mass is 355 g/mol. The van der Waals surface area contributed by atoms with E-state index in [1.54, 1.807) is 11.1 Å². The molecule has 0 bridgehead atoms. The van der Waals surface area contributed by atoms with Crippen molar-refractivity contribution in [3.63, 3.8) is 0 Å². The number of hydrogen-bond acceptors (Lipinski definition) is 4. The second kappa shape index (κ2) is 6.41. The Morgan fingerprint density at radius 3 is 2.77 bits per heavy atom. The summed E-state index contributed by atoms with van der Waals surface area (Å²) in [5.74, 6) is 1.09. The lowest BCUT2D eigenvalue weighted by atomic mass is 9.80. The van der Waals surface area contributed by atoms with E-state index < -0.39 is 5.60 Å². The minimum Gasteiger partial charge on any atom is -0.441 e. The lowest BCUT2D eigenvalue weighted by Crippen LogP contribution is -2.46. The van der Waals surface area contributed by atoms with E-state index in [0.717, 1.165) is 24.0 Å². The number of fused-ring (bicyclic) bond motifs is 1. The van der Waals surface area contributed by atoms with Crippen molar-refractivity contribution in [2.45, 2.75) is 57.6 Å². The molecule has 3 heterocycles. The molecule has 3 aliphatic rings. The standard InChI is InChI=1S/C20H25N3O3/c1-20(2)12-23(19(25)26-20)17-8-7-13(11-21-17)9-15-10-14-5-3-4-6-16(14)22-18(15)24/h7-8,10-11,14,16H,3-6,9,12H2,1-2H3,(H,22,24). The fraction of sp³-hybridized carbons (Fsp3) is 0.550. The molecule has 1 N–H and O–H groups in total. The molecule has 6 heteroatoms. The number of pyridine rings is 1. The van der Waals surface area contributed by atoms with Crippen molar-refractivity contribution in [1.82, 2.24) is 10.3 Å². The summed E-state index contributed by atoms with van der Waals surface area (Å²) < 4.78 is 5.32. The third-order valence-corrected chi connectivity index (χ3v) is 5.45. The first kappa shape index (κ1) is 17.1. The van der Waals surface area contributed by atoms with Crippen LogP contribution < -0.4 is 10.2 Å². The van der Waals surface area contributed by atoms with E-state index in [1.807, 2.05) is 26.0 Å². The van der Waals surface area contributed by atoms with Crippen LogP contribution >= 0.6 is 0 Å². The molecule has 6 nitrogen and oxygen atoms in total. The molecule has 2 aliphatic heterocycles. The van der Waals surface area contributed by atoms with Crippen LogP contribution in [0, 0.1) is 5.92 Å². The van der Waals surface area contributed by atoms with Crippen LogP contribution in [-0.2, 0) is 16.0 Å². The zero-order valence-electron chi connectivity index (χ0n) is 15.3. The third-order valence-electron chi connectivity index (χ3n) is 5.45. The summed E-state index contributed by atoms with van der Waals surface area (Å²) in [5, 5.41) is 3.16. The molecule has 1 saturated carbocycles. The van der Waals surface area contributed by atoms with Gasteiger partial charge in [0.05, 0.1) is 6.54 Å². The number of carbonyl (C=O) groups is 2. The van der Waals surface area contributed by atoms with Gasteiger partial charge in [-0.3, -0.25) is 9.69 Å². The molecule has 2 atom stereocenters. The minimum absolute atomic E-state index is 0.0436. The van der Waals surface area contributed by atoms with Crippen LogP contribution in [0.25, 0.3) is 0 Å². The molecule has 1 aromatic heterocycles. The largest absolute Gasteiger partial charge is 0.441 e. The molecule has 2 fully saturated rings. The fourth-order valence-corrected chi connectivity index (χ4v) is 4.12. The molecule has 138 valence electrons. The lowest BCUT2D eigenvalue weighted by molar-refractivity contribution is -0.119. The maximum Gasteiger partial charge on any atom is 0.416 e. The SMILES string of the molecule is CC1(C)CN(c2ccc(CC3=CC4CCCCC4NC3=O)cn2)C(=O)O1. The van der Waals surface area contributed by atoms with Crippen LogP contribution in [-0.4, -0.2) is 35.2 Å². The number of amides is 2. The first-order valence-corrected chi connectivity index (χ1v) is 9.38. The maximum atomic E-state index is 12.4. The van der Waals surface area contributed by atoms with Crippen LogP contribution in [0.3, 0.4) is 0 Å². The first-order chi connectivity index (χ1) is 12.4. The van der Waals surface area contributed by atoms with Crippen LogP contribution in [0.15, 0.2) is 30.0 Å². The topological polar surface area (TPSA) is 71.5 Å². The fourth-order valence-electron chi connectivity index (χ4n) is 4.12. The molecule has 0 spiro atoms. The van der Waals surface area contributed by atoms with Gasteiger partial charge in [0.2, 0.25) is 5.91 Å². The average molecular weight is 355 g/mol. The number of rotatable bonds is 3. The van der Waals surface area contributed by atoms with Gasteiger partial charge in [0.1, 0.15) is 11.4 Å². The van der Waals surface area contributed by atoms with E-state index in [4.69, 9.17) is 4.74 Å². The Hall–Kier alpha value is -2.37. The highest BCUT2D eigenvalue weighted by Crippen LogP contribution is 2.31. The summed E-state index contributed by atoms with van der Waals surface area (Å²) in [5.41, 5.74) is 1.29. The van der Waals surface area contributed by atoms with Crippen LogP contribution in [0.4, 0.5) is 10.6 Å². The molecule has 0 radical (unpaired) electrons. The highest BCUT2D eigenvalue weighted by Gasteiger charge is 2.39. The molecule has 0 aromatic carbocycles. The quantitative estimate of drug-likeness (QED) is 0.905. The Morgan fingerprint density at radius 2 is 2.08 bits per heavy atom. The van der Waals surface area contributed by atoms with E-state index in [2.05, 4.69) is 16.4 Å². The van der Waals surface area contributed by atoms with E-state index in [0.29, 0.717) is 30.7 Å². The van der Waals surface area contributed by atoms with E-state index >= 15 is 0 Å². The number of aromatic nitrogens is 1. The number of nitrogens with one attached hydrogen (secondary N) is 1. The van der Waals surface area contributed by atoms with Gasteiger partial charge in [0.25, 0.3) is 0 Å². The summed E-state index contributed by atoms with van der Waals surface area (Å²) in [7, 11) is 0. The van der Waals surface area contributed by atoms with Gasteiger partial charge in [0, 0.05) is 24.2 Å². The Balaban J connectivity index is 1.47. The number of carbonyl (C=O) groups excluding carboxylic acids is 2. The zero-order chi connectivity index (χ0) is 18.3.